The predicted molar refractivity (Wildman–Crippen MR) is 88.2 cm³/mol. The van der Waals surface area contributed by atoms with Crippen LogP contribution in [0.25, 0.3) is 0 Å². The summed E-state index contributed by atoms with van der Waals surface area (Å²) in [7, 11) is -7.46. The first-order valence-corrected chi connectivity index (χ1v) is 12.3. The van der Waals surface area contributed by atoms with Gasteiger partial charge in [-0.15, -0.1) is 0 Å². The van der Waals surface area contributed by atoms with Crippen LogP contribution >= 0.6 is 0 Å². The van der Waals surface area contributed by atoms with E-state index in [1.165, 1.54) is 14.0 Å². The van der Waals surface area contributed by atoms with Crippen LogP contribution in [-0.2, 0) is 28.2 Å². The highest BCUT2D eigenvalue weighted by atomic mass is 32.2. The van der Waals surface area contributed by atoms with Crippen molar-refractivity contribution in [2.45, 2.75) is 82.1 Å². The Morgan fingerprint density at radius 3 is 1.96 bits per heavy atom. The molecule has 5 atom stereocenters. The fourth-order valence-corrected chi connectivity index (χ4v) is 4.10. The SMILES string of the molecule is CO[C@H]1O[C@H](C)[C@H](OS(=O)(=O)C(F)(F)F)[C@H](O[Si](C)(C)C(C)(C)C)[C@H]1F. The number of methoxy groups -OCH3 is 1. The lowest BCUT2D eigenvalue weighted by atomic mass is 10.0. The van der Waals surface area contributed by atoms with E-state index in [0.29, 0.717) is 0 Å². The molecule has 0 N–H and O–H groups in total. The quantitative estimate of drug-likeness (QED) is 0.291. The highest BCUT2D eigenvalue weighted by molar-refractivity contribution is 7.87. The Morgan fingerprint density at radius 1 is 1.08 bits per heavy atom. The van der Waals surface area contributed by atoms with Crippen LogP contribution in [0, 0.1) is 0 Å². The molecule has 0 aliphatic carbocycles. The number of alkyl halides is 4. The number of hydrogen-bond donors (Lipinski definition) is 0. The van der Waals surface area contributed by atoms with Gasteiger partial charge < -0.3 is 13.9 Å². The van der Waals surface area contributed by atoms with Crippen LogP contribution in [0.4, 0.5) is 17.6 Å². The zero-order valence-electron chi connectivity index (χ0n) is 15.8. The molecular weight excluding hydrogens is 400 g/mol. The standard InChI is InChI=1S/C14H26F4O6SSi/c1-8-10(23-25(19,20)14(16,17)18)11(9(15)12(21-5)22-8)24-26(6,7)13(2,3)4/h8-12H,1-7H3/t8-,9-,10+,11-,12+/m1/s1. The van der Waals surface area contributed by atoms with Gasteiger partial charge in [-0.05, 0) is 25.1 Å². The van der Waals surface area contributed by atoms with E-state index in [9.17, 15) is 26.0 Å². The summed E-state index contributed by atoms with van der Waals surface area (Å²) in [5, 5.41) is -0.399. The van der Waals surface area contributed by atoms with Gasteiger partial charge in [-0.1, -0.05) is 20.8 Å². The Kier molecular flexibility index (Phi) is 6.97. The van der Waals surface area contributed by atoms with Crippen LogP contribution in [-0.4, -0.2) is 60.1 Å². The van der Waals surface area contributed by atoms with Gasteiger partial charge in [0.05, 0.1) is 6.10 Å². The summed E-state index contributed by atoms with van der Waals surface area (Å²) < 4.78 is 96.0. The van der Waals surface area contributed by atoms with Crippen molar-refractivity contribution in [2.24, 2.45) is 0 Å². The van der Waals surface area contributed by atoms with Gasteiger partial charge >= 0.3 is 15.6 Å². The predicted octanol–water partition coefficient (Wildman–Crippen LogP) is 3.34. The number of ether oxygens (including phenoxy) is 2. The smallest absolute Gasteiger partial charge is 0.408 e. The Morgan fingerprint density at radius 2 is 1.58 bits per heavy atom. The third-order valence-electron chi connectivity index (χ3n) is 4.70. The van der Waals surface area contributed by atoms with Gasteiger partial charge in [0.25, 0.3) is 0 Å². The zero-order chi connectivity index (χ0) is 20.7. The van der Waals surface area contributed by atoms with Gasteiger partial charge in [-0.2, -0.15) is 21.6 Å². The molecule has 0 aromatic carbocycles. The van der Waals surface area contributed by atoms with Crippen LogP contribution in [0.15, 0.2) is 0 Å². The number of halogens is 4. The van der Waals surface area contributed by atoms with Crippen molar-refractivity contribution in [3.63, 3.8) is 0 Å². The topological polar surface area (TPSA) is 71.1 Å². The molecule has 1 heterocycles. The van der Waals surface area contributed by atoms with E-state index in [-0.39, 0.29) is 0 Å². The van der Waals surface area contributed by atoms with Crippen LogP contribution in [0.5, 0.6) is 0 Å². The molecule has 1 saturated heterocycles. The van der Waals surface area contributed by atoms with Crippen LogP contribution in [0.3, 0.4) is 0 Å². The Balaban J connectivity index is 3.26. The highest BCUT2D eigenvalue weighted by Gasteiger charge is 2.56. The summed E-state index contributed by atoms with van der Waals surface area (Å²) in [5.74, 6) is 0. The third kappa shape index (κ3) is 4.96. The summed E-state index contributed by atoms with van der Waals surface area (Å²) in [6, 6.07) is 0. The van der Waals surface area contributed by atoms with Crippen molar-refractivity contribution < 1.29 is 44.1 Å². The van der Waals surface area contributed by atoms with Gasteiger partial charge in [0.2, 0.25) is 0 Å². The molecule has 1 fully saturated rings. The lowest BCUT2D eigenvalue weighted by Gasteiger charge is -2.46. The average molecular weight is 427 g/mol. The summed E-state index contributed by atoms with van der Waals surface area (Å²) >= 11 is 0. The van der Waals surface area contributed by atoms with E-state index in [0.717, 1.165) is 0 Å². The molecule has 1 aliphatic heterocycles. The molecule has 0 amide bonds. The molecule has 1 rings (SSSR count). The molecule has 0 bridgehead atoms. The van der Waals surface area contributed by atoms with Gasteiger partial charge in [0.15, 0.2) is 20.8 Å². The van der Waals surface area contributed by atoms with Crippen molar-refractivity contribution in [2.75, 3.05) is 7.11 Å². The molecule has 1 aliphatic rings. The normalized spacial score (nSPS) is 31.9. The minimum atomic E-state index is -5.95. The van der Waals surface area contributed by atoms with E-state index in [4.69, 9.17) is 13.9 Å². The van der Waals surface area contributed by atoms with Crippen LogP contribution in [0.1, 0.15) is 27.7 Å². The summed E-state index contributed by atoms with van der Waals surface area (Å²) in [4.78, 5) is 0. The third-order valence-corrected chi connectivity index (χ3v) is 10.2. The van der Waals surface area contributed by atoms with Crippen LogP contribution in [0.2, 0.25) is 18.1 Å². The minimum absolute atomic E-state index is 0.399. The van der Waals surface area contributed by atoms with E-state index in [2.05, 4.69) is 4.18 Å². The highest BCUT2D eigenvalue weighted by Crippen LogP contribution is 2.41. The van der Waals surface area contributed by atoms with Gasteiger partial charge in [0.1, 0.15) is 12.2 Å². The first-order chi connectivity index (χ1) is 11.4. The lowest BCUT2D eigenvalue weighted by Crippen LogP contribution is -2.61. The van der Waals surface area contributed by atoms with Crippen LogP contribution < -0.4 is 0 Å². The fourth-order valence-electron chi connectivity index (χ4n) is 2.14. The molecule has 26 heavy (non-hydrogen) atoms. The summed E-state index contributed by atoms with van der Waals surface area (Å²) in [6.45, 7) is 10.4. The maximum atomic E-state index is 14.8. The molecule has 0 saturated carbocycles. The van der Waals surface area contributed by atoms with E-state index in [1.54, 1.807) is 13.1 Å². The van der Waals surface area contributed by atoms with Gasteiger partial charge in [0, 0.05) is 7.11 Å². The molecule has 0 radical (unpaired) electrons. The second kappa shape index (κ2) is 7.63. The molecule has 0 unspecified atom stereocenters. The molecule has 0 aromatic heterocycles. The first-order valence-electron chi connectivity index (χ1n) is 7.94. The van der Waals surface area contributed by atoms with Crippen molar-refractivity contribution in [1.29, 1.82) is 0 Å². The zero-order valence-corrected chi connectivity index (χ0v) is 17.6. The molecule has 0 spiro atoms. The molecule has 6 nitrogen and oxygen atoms in total. The molecule has 12 heteroatoms. The van der Waals surface area contributed by atoms with E-state index < -0.39 is 59.8 Å². The van der Waals surface area contributed by atoms with Crippen molar-refractivity contribution in [3.8, 4) is 0 Å². The monoisotopic (exact) mass is 426 g/mol. The van der Waals surface area contributed by atoms with E-state index >= 15 is 0 Å². The second-order valence-corrected chi connectivity index (χ2v) is 14.0. The number of rotatable bonds is 5. The summed E-state index contributed by atoms with van der Waals surface area (Å²) in [6.07, 6.45) is -8.05. The second-order valence-electron chi connectivity index (χ2n) is 7.69. The largest absolute Gasteiger partial charge is 0.523 e. The maximum absolute atomic E-state index is 14.8. The minimum Gasteiger partial charge on any atom is -0.408 e. The Bertz CT molecular complexity index is 589. The lowest BCUT2D eigenvalue weighted by molar-refractivity contribution is -0.263. The first kappa shape index (κ1) is 23.8. The summed E-state index contributed by atoms with van der Waals surface area (Å²) in [5.41, 5.74) is -5.64. The Hall–Kier alpha value is -0.273. The molecule has 0 aromatic rings. The van der Waals surface area contributed by atoms with Gasteiger partial charge in [-0.25, -0.2) is 4.39 Å². The maximum Gasteiger partial charge on any atom is 0.523 e. The van der Waals surface area contributed by atoms with Crippen molar-refractivity contribution in [1.82, 2.24) is 0 Å². The van der Waals surface area contributed by atoms with Crippen molar-refractivity contribution >= 4 is 18.4 Å². The van der Waals surface area contributed by atoms with Crippen molar-refractivity contribution in [3.05, 3.63) is 0 Å². The average Bonchev–Trinajstić information content (AvgIpc) is 2.43. The molecule has 156 valence electrons. The molecular formula is C14H26F4O6SSi. The van der Waals surface area contributed by atoms with E-state index in [1.807, 2.05) is 20.8 Å². The number of hydrogen-bond acceptors (Lipinski definition) is 6. The Labute approximate surface area is 152 Å². The fraction of sp³-hybridized carbons (Fsp3) is 1.00. The van der Waals surface area contributed by atoms with Gasteiger partial charge in [-0.3, -0.25) is 4.18 Å².